The fraction of sp³-hybridized carbons (Fsp3) is 0.118. The van der Waals surface area contributed by atoms with Gasteiger partial charge >= 0.3 is 0 Å². The summed E-state index contributed by atoms with van der Waals surface area (Å²) in [6, 6.07) is 13.6. The van der Waals surface area contributed by atoms with Crippen LogP contribution in [0.2, 0.25) is 0 Å². The Morgan fingerprint density at radius 2 is 2.00 bits per heavy atom. The van der Waals surface area contributed by atoms with Gasteiger partial charge in [-0.2, -0.15) is 10.1 Å². The first kappa shape index (κ1) is 14.3. The van der Waals surface area contributed by atoms with Gasteiger partial charge in [0.15, 0.2) is 5.65 Å². The van der Waals surface area contributed by atoms with E-state index < -0.39 is 0 Å². The van der Waals surface area contributed by atoms with Crippen LogP contribution in [-0.2, 0) is 6.42 Å². The number of aromatic amines is 2. The average molecular weight is 320 g/mol. The van der Waals surface area contributed by atoms with Gasteiger partial charge in [0.2, 0.25) is 5.95 Å². The third kappa shape index (κ3) is 2.67. The molecule has 0 radical (unpaired) electrons. The molecule has 24 heavy (non-hydrogen) atoms. The monoisotopic (exact) mass is 320 g/mol. The predicted molar refractivity (Wildman–Crippen MR) is 92.5 cm³/mol. The number of hydrogen-bond acceptors (Lipinski definition) is 4. The standard InChI is InChI=1S/C17H16N6O/c24-16-14-11-20-23(13-6-2-1-3-7-13)15(14)21-17(22-16)19-10-8-12-5-4-9-18-12/h1-7,9,11,18H,8,10H2,(H2,19,21,22,24). The Bertz CT molecular complexity index is 1000. The Morgan fingerprint density at radius 1 is 1.12 bits per heavy atom. The van der Waals surface area contributed by atoms with Crippen LogP contribution in [0.5, 0.6) is 0 Å². The number of nitrogens with one attached hydrogen (secondary N) is 3. The van der Waals surface area contributed by atoms with E-state index in [9.17, 15) is 4.79 Å². The molecule has 0 aliphatic carbocycles. The van der Waals surface area contributed by atoms with Crippen LogP contribution in [0, 0.1) is 0 Å². The third-order valence-corrected chi connectivity index (χ3v) is 3.79. The van der Waals surface area contributed by atoms with Crippen molar-refractivity contribution >= 4 is 17.0 Å². The molecule has 0 fully saturated rings. The van der Waals surface area contributed by atoms with Gasteiger partial charge in [0.25, 0.3) is 5.56 Å². The number of rotatable bonds is 5. The largest absolute Gasteiger partial charge is 0.365 e. The molecule has 4 aromatic rings. The number of fused-ring (bicyclic) bond motifs is 1. The van der Waals surface area contributed by atoms with Crippen molar-refractivity contribution in [1.29, 1.82) is 0 Å². The molecule has 0 amide bonds. The van der Waals surface area contributed by atoms with Gasteiger partial charge in [-0.25, -0.2) is 4.68 Å². The van der Waals surface area contributed by atoms with Crippen LogP contribution < -0.4 is 10.9 Å². The summed E-state index contributed by atoms with van der Waals surface area (Å²) in [5.74, 6) is 0.441. The normalized spacial score (nSPS) is 11.0. The van der Waals surface area contributed by atoms with Crippen molar-refractivity contribution in [3.8, 4) is 5.69 Å². The van der Waals surface area contributed by atoms with Gasteiger partial charge in [-0.1, -0.05) is 18.2 Å². The highest BCUT2D eigenvalue weighted by atomic mass is 16.1. The number of aromatic nitrogens is 5. The van der Waals surface area contributed by atoms with Crippen LogP contribution in [0.25, 0.3) is 16.7 Å². The van der Waals surface area contributed by atoms with E-state index >= 15 is 0 Å². The van der Waals surface area contributed by atoms with Gasteiger partial charge in [0.05, 0.1) is 11.9 Å². The molecule has 0 spiro atoms. The summed E-state index contributed by atoms with van der Waals surface area (Å²) in [6.07, 6.45) is 4.24. The van der Waals surface area contributed by atoms with Crippen LogP contribution in [0.15, 0.2) is 59.7 Å². The lowest BCUT2D eigenvalue weighted by Crippen LogP contribution is -2.15. The highest BCUT2D eigenvalue weighted by Gasteiger charge is 2.11. The average Bonchev–Trinajstić information content (AvgIpc) is 3.25. The van der Waals surface area contributed by atoms with E-state index in [4.69, 9.17) is 0 Å². The van der Waals surface area contributed by atoms with Crippen LogP contribution in [0.4, 0.5) is 5.95 Å². The smallest absolute Gasteiger partial charge is 0.263 e. The molecule has 0 saturated heterocycles. The zero-order valence-electron chi connectivity index (χ0n) is 12.9. The first-order chi connectivity index (χ1) is 11.8. The molecule has 0 bridgehead atoms. The molecule has 7 nitrogen and oxygen atoms in total. The van der Waals surface area contributed by atoms with Crippen LogP contribution in [-0.4, -0.2) is 31.3 Å². The van der Waals surface area contributed by atoms with Crippen molar-refractivity contribution in [2.24, 2.45) is 0 Å². The van der Waals surface area contributed by atoms with Gasteiger partial charge in [0.1, 0.15) is 5.39 Å². The molecule has 3 heterocycles. The topological polar surface area (TPSA) is 91.4 Å². The molecule has 0 aliphatic heterocycles. The van der Waals surface area contributed by atoms with Gasteiger partial charge in [-0.3, -0.25) is 9.78 Å². The third-order valence-electron chi connectivity index (χ3n) is 3.79. The first-order valence-electron chi connectivity index (χ1n) is 7.71. The number of anilines is 1. The minimum absolute atomic E-state index is 0.204. The second kappa shape index (κ2) is 6.04. The zero-order valence-corrected chi connectivity index (χ0v) is 12.9. The zero-order chi connectivity index (χ0) is 16.4. The van der Waals surface area contributed by atoms with Gasteiger partial charge in [0, 0.05) is 24.9 Å². The summed E-state index contributed by atoms with van der Waals surface area (Å²) in [5.41, 5.74) is 2.32. The van der Waals surface area contributed by atoms with Crippen molar-refractivity contribution in [1.82, 2.24) is 24.7 Å². The molecule has 120 valence electrons. The van der Waals surface area contributed by atoms with E-state index in [0.29, 0.717) is 23.5 Å². The lowest BCUT2D eigenvalue weighted by Gasteiger charge is -2.06. The Hall–Kier alpha value is -3.35. The molecule has 4 rings (SSSR count). The van der Waals surface area contributed by atoms with Crippen LogP contribution >= 0.6 is 0 Å². The molecule has 0 saturated carbocycles. The number of hydrogen-bond donors (Lipinski definition) is 3. The summed E-state index contributed by atoms with van der Waals surface area (Å²) in [5, 5.41) is 7.91. The Balaban J connectivity index is 1.64. The maximum atomic E-state index is 12.2. The Labute approximate surface area is 137 Å². The second-order valence-electron chi connectivity index (χ2n) is 5.42. The highest BCUT2D eigenvalue weighted by molar-refractivity contribution is 5.76. The number of nitrogens with zero attached hydrogens (tertiary/aromatic N) is 3. The van der Waals surface area contributed by atoms with Gasteiger partial charge < -0.3 is 10.3 Å². The van der Waals surface area contributed by atoms with Crippen molar-refractivity contribution in [2.75, 3.05) is 11.9 Å². The van der Waals surface area contributed by atoms with Gasteiger partial charge in [-0.05, 0) is 24.3 Å². The maximum Gasteiger partial charge on any atom is 0.263 e. The Kier molecular flexibility index (Phi) is 3.59. The number of H-pyrrole nitrogens is 2. The van der Waals surface area contributed by atoms with E-state index in [1.54, 1.807) is 4.68 Å². The van der Waals surface area contributed by atoms with E-state index in [-0.39, 0.29) is 5.56 Å². The lowest BCUT2D eigenvalue weighted by atomic mass is 10.3. The number of benzene rings is 1. The molecule has 1 aromatic carbocycles. The molecular weight excluding hydrogens is 304 g/mol. The molecule has 7 heteroatoms. The summed E-state index contributed by atoms with van der Waals surface area (Å²) in [4.78, 5) is 22.7. The second-order valence-corrected chi connectivity index (χ2v) is 5.42. The van der Waals surface area contributed by atoms with E-state index in [1.165, 1.54) is 6.20 Å². The maximum absolute atomic E-state index is 12.2. The van der Waals surface area contributed by atoms with E-state index in [1.807, 2.05) is 48.7 Å². The van der Waals surface area contributed by atoms with E-state index in [2.05, 4.69) is 25.4 Å². The van der Waals surface area contributed by atoms with Crippen LogP contribution in [0.1, 0.15) is 5.69 Å². The minimum atomic E-state index is -0.204. The fourth-order valence-corrected chi connectivity index (χ4v) is 2.60. The minimum Gasteiger partial charge on any atom is -0.365 e. The number of para-hydroxylation sites is 1. The van der Waals surface area contributed by atoms with Crippen molar-refractivity contribution in [2.45, 2.75) is 6.42 Å². The molecule has 0 atom stereocenters. The highest BCUT2D eigenvalue weighted by Crippen LogP contribution is 2.14. The first-order valence-corrected chi connectivity index (χ1v) is 7.71. The van der Waals surface area contributed by atoms with Gasteiger partial charge in [-0.15, -0.1) is 0 Å². The van der Waals surface area contributed by atoms with Crippen molar-refractivity contribution in [3.05, 3.63) is 70.9 Å². The molecule has 0 aliphatic rings. The van der Waals surface area contributed by atoms with Crippen molar-refractivity contribution in [3.63, 3.8) is 0 Å². The molecule has 3 N–H and O–H groups in total. The molecule has 0 unspecified atom stereocenters. The quantitative estimate of drug-likeness (QED) is 0.525. The summed E-state index contributed by atoms with van der Waals surface area (Å²) < 4.78 is 1.67. The SMILES string of the molecule is O=c1[nH]c(NCCc2ccc[nH]2)nc2c1cnn2-c1ccccc1. The molecule has 3 aromatic heterocycles. The summed E-state index contributed by atoms with van der Waals surface area (Å²) >= 11 is 0. The lowest BCUT2D eigenvalue weighted by molar-refractivity contribution is 0.891. The Morgan fingerprint density at radius 3 is 2.79 bits per heavy atom. The fourth-order valence-electron chi connectivity index (χ4n) is 2.60. The summed E-state index contributed by atoms with van der Waals surface area (Å²) in [6.45, 7) is 0.661. The predicted octanol–water partition coefficient (Wildman–Crippen LogP) is 2.09. The summed E-state index contributed by atoms with van der Waals surface area (Å²) in [7, 11) is 0. The van der Waals surface area contributed by atoms with Crippen molar-refractivity contribution < 1.29 is 0 Å². The molecular formula is C17H16N6O. The van der Waals surface area contributed by atoms with Crippen LogP contribution in [0.3, 0.4) is 0 Å². The van der Waals surface area contributed by atoms with E-state index in [0.717, 1.165) is 17.8 Å².